The van der Waals surface area contributed by atoms with Crippen LogP contribution in [0.2, 0.25) is 5.02 Å². The van der Waals surface area contributed by atoms with Gasteiger partial charge in [-0.1, -0.05) is 23.7 Å². The van der Waals surface area contributed by atoms with Gasteiger partial charge in [-0.25, -0.2) is 9.97 Å². The number of nitrogens with one attached hydrogen (secondary N) is 2. The fourth-order valence-corrected chi connectivity index (χ4v) is 2.28. The van der Waals surface area contributed by atoms with Gasteiger partial charge in [-0.2, -0.15) is 5.26 Å². The SMILES string of the molecule is N#CNC(=O)c1ccc(Nc2nccc(-c3ccc(Cl)cc3)n2)cc1. The van der Waals surface area contributed by atoms with Crippen molar-refractivity contribution >= 4 is 29.1 Å². The van der Waals surface area contributed by atoms with Gasteiger partial charge < -0.3 is 5.32 Å². The Hall–Kier alpha value is -3.43. The number of anilines is 2. The van der Waals surface area contributed by atoms with Crippen molar-refractivity contribution in [2.75, 3.05) is 5.32 Å². The molecule has 0 fully saturated rings. The van der Waals surface area contributed by atoms with E-state index in [2.05, 4.69) is 20.6 Å². The molecule has 0 unspecified atom stereocenters. The van der Waals surface area contributed by atoms with Gasteiger partial charge in [-0.05, 0) is 42.5 Å². The third-order valence-electron chi connectivity index (χ3n) is 3.37. The molecule has 2 aromatic carbocycles. The second-order valence-electron chi connectivity index (χ2n) is 5.04. The van der Waals surface area contributed by atoms with Crippen LogP contribution in [0, 0.1) is 11.5 Å². The van der Waals surface area contributed by atoms with E-state index in [1.54, 1.807) is 48.8 Å². The number of carbonyl (C=O) groups is 1. The number of halogens is 1. The minimum absolute atomic E-state index is 0.392. The summed E-state index contributed by atoms with van der Waals surface area (Å²) in [6, 6.07) is 15.8. The molecule has 3 aromatic rings. The molecule has 0 atom stereocenters. The highest BCUT2D eigenvalue weighted by Crippen LogP contribution is 2.21. The fraction of sp³-hybridized carbons (Fsp3) is 0. The van der Waals surface area contributed by atoms with Crippen molar-refractivity contribution in [2.45, 2.75) is 0 Å². The van der Waals surface area contributed by atoms with Crippen LogP contribution in [-0.2, 0) is 0 Å². The van der Waals surface area contributed by atoms with E-state index in [-0.39, 0.29) is 0 Å². The Labute approximate surface area is 149 Å². The Morgan fingerprint density at radius 1 is 1.04 bits per heavy atom. The lowest BCUT2D eigenvalue weighted by Crippen LogP contribution is -2.16. The molecule has 0 bridgehead atoms. The molecule has 122 valence electrons. The zero-order chi connectivity index (χ0) is 17.6. The van der Waals surface area contributed by atoms with Gasteiger partial charge in [0.05, 0.1) is 5.69 Å². The predicted octanol–water partition coefficient (Wildman–Crippen LogP) is 3.75. The second kappa shape index (κ2) is 7.43. The Balaban J connectivity index is 1.77. The highest BCUT2D eigenvalue weighted by atomic mass is 35.5. The zero-order valence-corrected chi connectivity index (χ0v) is 13.7. The maximum atomic E-state index is 11.6. The predicted molar refractivity (Wildman–Crippen MR) is 95.3 cm³/mol. The molecule has 25 heavy (non-hydrogen) atoms. The van der Waals surface area contributed by atoms with Crippen LogP contribution in [0.4, 0.5) is 11.6 Å². The zero-order valence-electron chi connectivity index (χ0n) is 12.9. The summed E-state index contributed by atoms with van der Waals surface area (Å²) in [5.41, 5.74) is 2.81. The summed E-state index contributed by atoms with van der Waals surface area (Å²) in [7, 11) is 0. The van der Waals surface area contributed by atoms with Crippen molar-refractivity contribution in [1.82, 2.24) is 15.3 Å². The Morgan fingerprint density at radius 3 is 2.44 bits per heavy atom. The van der Waals surface area contributed by atoms with Crippen molar-refractivity contribution in [2.24, 2.45) is 0 Å². The first-order valence-corrected chi connectivity index (χ1v) is 7.69. The number of hydrogen-bond acceptors (Lipinski definition) is 5. The molecular weight excluding hydrogens is 338 g/mol. The molecule has 2 N–H and O–H groups in total. The van der Waals surface area contributed by atoms with Crippen LogP contribution in [0.25, 0.3) is 11.3 Å². The van der Waals surface area contributed by atoms with E-state index in [9.17, 15) is 4.79 Å². The smallest absolute Gasteiger partial charge is 0.264 e. The number of nitriles is 1. The van der Waals surface area contributed by atoms with E-state index in [0.29, 0.717) is 16.5 Å². The standard InChI is InChI=1S/C18H12ClN5O/c19-14-5-1-12(2-6-14)16-9-10-21-18(24-16)23-15-7-3-13(4-8-15)17(25)22-11-20/h1-10H,(H,22,25)(H,21,23,24). The lowest BCUT2D eigenvalue weighted by atomic mass is 10.1. The van der Waals surface area contributed by atoms with Gasteiger partial charge in [-0.3, -0.25) is 10.1 Å². The molecule has 0 saturated heterocycles. The Morgan fingerprint density at radius 2 is 1.76 bits per heavy atom. The third kappa shape index (κ3) is 4.10. The number of carbonyl (C=O) groups excluding carboxylic acids is 1. The van der Waals surface area contributed by atoms with Crippen LogP contribution in [-0.4, -0.2) is 15.9 Å². The molecule has 0 saturated carbocycles. The molecule has 0 radical (unpaired) electrons. The largest absolute Gasteiger partial charge is 0.324 e. The Kier molecular flexibility index (Phi) is 4.88. The maximum absolute atomic E-state index is 11.6. The number of amides is 1. The molecule has 7 heteroatoms. The highest BCUT2D eigenvalue weighted by Gasteiger charge is 2.06. The van der Waals surface area contributed by atoms with E-state index in [1.807, 2.05) is 18.2 Å². The van der Waals surface area contributed by atoms with Crippen molar-refractivity contribution in [3.63, 3.8) is 0 Å². The van der Waals surface area contributed by atoms with Crippen LogP contribution in [0.15, 0.2) is 60.8 Å². The molecule has 1 heterocycles. The van der Waals surface area contributed by atoms with Gasteiger partial charge in [0.25, 0.3) is 5.91 Å². The summed E-state index contributed by atoms with van der Waals surface area (Å²) in [5, 5.41) is 14.3. The van der Waals surface area contributed by atoms with E-state index < -0.39 is 5.91 Å². The summed E-state index contributed by atoms with van der Waals surface area (Å²) in [5.74, 6) is -0.0169. The van der Waals surface area contributed by atoms with Crippen molar-refractivity contribution in [1.29, 1.82) is 5.26 Å². The normalized spacial score (nSPS) is 9.92. The van der Waals surface area contributed by atoms with Crippen LogP contribution < -0.4 is 10.6 Å². The van der Waals surface area contributed by atoms with Crippen molar-refractivity contribution in [3.05, 3.63) is 71.4 Å². The van der Waals surface area contributed by atoms with Gasteiger partial charge in [0.15, 0.2) is 6.19 Å². The number of rotatable bonds is 4. The monoisotopic (exact) mass is 349 g/mol. The first-order chi connectivity index (χ1) is 12.2. The van der Waals surface area contributed by atoms with Gasteiger partial charge >= 0.3 is 0 Å². The van der Waals surface area contributed by atoms with Gasteiger partial charge in [-0.15, -0.1) is 0 Å². The van der Waals surface area contributed by atoms with Crippen molar-refractivity contribution in [3.8, 4) is 17.5 Å². The topological polar surface area (TPSA) is 90.7 Å². The first-order valence-electron chi connectivity index (χ1n) is 7.31. The molecule has 1 amide bonds. The molecule has 0 aliphatic rings. The molecule has 0 spiro atoms. The van der Waals surface area contributed by atoms with Crippen LogP contribution in [0.1, 0.15) is 10.4 Å². The highest BCUT2D eigenvalue weighted by molar-refractivity contribution is 6.30. The van der Waals surface area contributed by atoms with E-state index in [0.717, 1.165) is 16.9 Å². The fourth-order valence-electron chi connectivity index (χ4n) is 2.16. The van der Waals surface area contributed by atoms with E-state index in [1.165, 1.54) is 0 Å². The molecule has 0 aliphatic carbocycles. The average Bonchev–Trinajstić information content (AvgIpc) is 2.63. The summed E-state index contributed by atoms with van der Waals surface area (Å²) in [6.07, 6.45) is 3.26. The number of nitrogens with zero attached hydrogens (tertiary/aromatic N) is 3. The number of aromatic nitrogens is 2. The lowest BCUT2D eigenvalue weighted by molar-refractivity contribution is 0.0973. The summed E-state index contributed by atoms with van der Waals surface area (Å²) >= 11 is 5.90. The maximum Gasteiger partial charge on any atom is 0.264 e. The molecule has 6 nitrogen and oxygen atoms in total. The summed E-state index contributed by atoms with van der Waals surface area (Å²) in [6.45, 7) is 0. The van der Waals surface area contributed by atoms with E-state index >= 15 is 0 Å². The average molecular weight is 350 g/mol. The molecule has 0 aliphatic heterocycles. The molecule has 3 rings (SSSR count). The minimum Gasteiger partial charge on any atom is -0.324 e. The van der Waals surface area contributed by atoms with Gasteiger partial charge in [0.1, 0.15) is 0 Å². The quantitative estimate of drug-likeness (QED) is 0.553. The van der Waals surface area contributed by atoms with Gasteiger partial charge in [0, 0.05) is 28.0 Å². The lowest BCUT2D eigenvalue weighted by Gasteiger charge is -2.07. The Bertz CT molecular complexity index is 933. The third-order valence-corrected chi connectivity index (χ3v) is 3.62. The van der Waals surface area contributed by atoms with Crippen LogP contribution >= 0.6 is 11.6 Å². The summed E-state index contributed by atoms with van der Waals surface area (Å²) in [4.78, 5) is 20.2. The van der Waals surface area contributed by atoms with Gasteiger partial charge in [0.2, 0.25) is 5.95 Å². The minimum atomic E-state index is -0.449. The molecule has 1 aromatic heterocycles. The number of hydrogen-bond donors (Lipinski definition) is 2. The number of benzene rings is 2. The van der Waals surface area contributed by atoms with E-state index in [4.69, 9.17) is 16.9 Å². The molecular formula is C18H12ClN5O. The van der Waals surface area contributed by atoms with Crippen LogP contribution in [0.3, 0.4) is 0 Å². The summed E-state index contributed by atoms with van der Waals surface area (Å²) < 4.78 is 0. The van der Waals surface area contributed by atoms with Crippen molar-refractivity contribution < 1.29 is 4.79 Å². The second-order valence-corrected chi connectivity index (χ2v) is 5.48. The first kappa shape index (κ1) is 16.4. The van der Waals surface area contributed by atoms with Crippen LogP contribution in [0.5, 0.6) is 0 Å².